The van der Waals surface area contributed by atoms with E-state index >= 15 is 0 Å². The number of Topliss-reactive ketones (excluding diaryl/α,β-unsaturated/α-hetero) is 1. The van der Waals surface area contributed by atoms with Crippen molar-refractivity contribution in [3.8, 4) is 0 Å². The van der Waals surface area contributed by atoms with Crippen molar-refractivity contribution >= 4 is 85.9 Å². The van der Waals surface area contributed by atoms with Gasteiger partial charge in [0.15, 0.2) is 12.4 Å². The number of nitrogens with zero attached hydrogens (tertiary/aromatic N) is 1. The van der Waals surface area contributed by atoms with Crippen LogP contribution in [0.25, 0.3) is 0 Å². The summed E-state index contributed by atoms with van der Waals surface area (Å²) in [4.78, 5) is 51.6. The molecule has 3 unspecified atom stereocenters. The van der Waals surface area contributed by atoms with Crippen LogP contribution < -0.4 is 5.32 Å². The van der Waals surface area contributed by atoms with Gasteiger partial charge in [-0.25, -0.2) is 4.79 Å². The lowest BCUT2D eigenvalue weighted by molar-refractivity contribution is -0.153. The highest BCUT2D eigenvalue weighted by Gasteiger charge is 2.66. The van der Waals surface area contributed by atoms with E-state index in [-0.39, 0.29) is 23.8 Å². The maximum absolute atomic E-state index is 13.4. The number of hydrogen-bond donors (Lipinski definition) is 1. The van der Waals surface area contributed by atoms with Gasteiger partial charge in [-0.05, 0) is 23.6 Å². The number of β-lactam (4-membered cyclic amide) rings is 1. The van der Waals surface area contributed by atoms with E-state index in [9.17, 15) is 19.2 Å². The molecule has 2 aromatic rings. The average Bonchev–Trinajstić information content (AvgIpc) is 3.42. The van der Waals surface area contributed by atoms with Crippen LogP contribution in [-0.2, 0) is 23.9 Å². The van der Waals surface area contributed by atoms with Crippen molar-refractivity contribution in [2.45, 2.75) is 34.0 Å². The van der Waals surface area contributed by atoms with Crippen LogP contribution in [0.3, 0.4) is 0 Å². The maximum Gasteiger partial charge on any atom is 0.355 e. The number of hydrogen-bond acceptors (Lipinski definition) is 9. The minimum atomic E-state index is -1.38. The van der Waals surface area contributed by atoms with Crippen LogP contribution >= 0.6 is 62.2 Å². The number of thiophene rings is 1. The van der Waals surface area contributed by atoms with E-state index in [1.807, 2.05) is 17.5 Å². The van der Waals surface area contributed by atoms with Gasteiger partial charge in [0, 0.05) is 27.4 Å². The van der Waals surface area contributed by atoms with E-state index in [4.69, 9.17) is 32.7 Å². The van der Waals surface area contributed by atoms with Crippen molar-refractivity contribution in [2.75, 3.05) is 13.2 Å². The minimum absolute atomic E-state index is 0.0681. The normalized spacial score (nSPS) is 26.9. The fraction of sp³-hybridized carbons (Fsp3) is 0.333. The second kappa shape index (κ2) is 10.3. The highest BCUT2D eigenvalue weighted by atomic mass is 79.9. The van der Waals surface area contributed by atoms with Gasteiger partial charge in [-0.2, -0.15) is 0 Å². The third-order valence-corrected chi connectivity index (χ3v) is 10.9. The quantitative estimate of drug-likeness (QED) is 0.150. The summed E-state index contributed by atoms with van der Waals surface area (Å²) in [6, 6.07) is 9.63. The zero-order valence-corrected chi connectivity index (χ0v) is 23.8. The number of ether oxygens (including phenoxy) is 2. The first kappa shape index (κ1) is 26.7. The number of esters is 2. The monoisotopic (exact) mass is 644 g/mol. The number of benzene rings is 1. The summed E-state index contributed by atoms with van der Waals surface area (Å²) in [5.74, 6) is -2.25. The molecule has 13 heteroatoms. The first-order valence-corrected chi connectivity index (χ1v) is 14.5. The van der Waals surface area contributed by atoms with Gasteiger partial charge >= 0.3 is 11.9 Å². The molecule has 8 nitrogen and oxygen atoms in total. The Kier molecular flexibility index (Phi) is 7.47. The number of halogens is 3. The van der Waals surface area contributed by atoms with Crippen molar-refractivity contribution in [1.29, 1.82) is 0 Å². The summed E-state index contributed by atoms with van der Waals surface area (Å²) < 4.78 is 11.5. The molecule has 2 fully saturated rings. The number of carbonyl (C=O) groups is 4. The standard InChI is InChI=1S/C24H19BrCl2N2O6S2/c1-11(30)34-9-14-18(23(33)35-10-15(31)12-4-6-13(25)7-5-12)29-21(32)17-22(29)37-20(14)24(27,28-17)19(26)16-3-2-8-36-16/h2-8,17,19-20,22,28H,9-10H2,1H3/t17-,19?,20?,22-,24?/m0/s1. The van der Waals surface area contributed by atoms with Crippen LogP contribution in [0.2, 0.25) is 0 Å². The number of thioether (sulfide) groups is 1. The van der Waals surface area contributed by atoms with Crippen LogP contribution in [0.5, 0.6) is 0 Å². The molecule has 5 atom stereocenters. The van der Waals surface area contributed by atoms with Gasteiger partial charge in [0.2, 0.25) is 5.91 Å². The van der Waals surface area contributed by atoms with E-state index < -0.39 is 51.4 Å². The lowest BCUT2D eigenvalue weighted by Gasteiger charge is -2.60. The first-order chi connectivity index (χ1) is 17.6. The molecular formula is C24H19BrCl2N2O6S2. The third kappa shape index (κ3) is 4.74. The predicted octanol–water partition coefficient (Wildman–Crippen LogP) is 4.22. The summed E-state index contributed by atoms with van der Waals surface area (Å²) in [5, 5.41) is 3.22. The number of ketones is 1. The molecule has 2 saturated heterocycles. The molecule has 5 rings (SSSR count). The molecular weight excluding hydrogens is 627 g/mol. The Hall–Kier alpha value is -1.89. The first-order valence-electron chi connectivity index (χ1n) is 11.1. The van der Waals surface area contributed by atoms with Gasteiger partial charge in [0.05, 0.1) is 5.25 Å². The molecule has 0 aliphatic carbocycles. The van der Waals surface area contributed by atoms with Crippen molar-refractivity contribution in [1.82, 2.24) is 10.2 Å². The van der Waals surface area contributed by atoms with Gasteiger partial charge in [-0.1, -0.05) is 45.7 Å². The molecule has 3 aliphatic rings. The highest BCUT2D eigenvalue weighted by Crippen LogP contribution is 2.57. The van der Waals surface area contributed by atoms with Crippen molar-refractivity contribution in [2.24, 2.45) is 0 Å². The summed E-state index contributed by atoms with van der Waals surface area (Å²) >= 11 is 20.1. The van der Waals surface area contributed by atoms with Crippen LogP contribution in [0.15, 0.2) is 57.5 Å². The molecule has 4 heterocycles. The van der Waals surface area contributed by atoms with Crippen LogP contribution in [0, 0.1) is 0 Å². The van der Waals surface area contributed by atoms with Crippen molar-refractivity contribution in [3.63, 3.8) is 0 Å². The van der Waals surface area contributed by atoms with Gasteiger partial charge in [-0.15, -0.1) is 34.7 Å². The van der Waals surface area contributed by atoms with Crippen LogP contribution in [0.1, 0.15) is 27.5 Å². The Labute approximate surface area is 238 Å². The molecule has 1 amide bonds. The lowest BCUT2D eigenvalue weighted by Crippen LogP contribution is -2.79. The molecule has 37 heavy (non-hydrogen) atoms. The zero-order chi connectivity index (χ0) is 26.5. The van der Waals surface area contributed by atoms with Gasteiger partial charge in [0.1, 0.15) is 34.1 Å². The molecule has 2 bridgehead atoms. The van der Waals surface area contributed by atoms with Crippen LogP contribution in [-0.4, -0.2) is 63.4 Å². The lowest BCUT2D eigenvalue weighted by atomic mass is 9.90. The molecule has 0 spiro atoms. The molecule has 0 radical (unpaired) electrons. The average molecular weight is 646 g/mol. The second-order valence-electron chi connectivity index (χ2n) is 8.54. The second-order valence-corrected chi connectivity index (χ2v) is 12.7. The highest BCUT2D eigenvalue weighted by molar-refractivity contribution is 9.10. The Bertz CT molecular complexity index is 1300. The smallest absolute Gasteiger partial charge is 0.355 e. The molecule has 3 aliphatic heterocycles. The molecule has 1 aromatic carbocycles. The van der Waals surface area contributed by atoms with Crippen molar-refractivity contribution < 1.29 is 28.7 Å². The van der Waals surface area contributed by atoms with Gasteiger partial charge in [-0.3, -0.25) is 24.6 Å². The van der Waals surface area contributed by atoms with Crippen LogP contribution in [0.4, 0.5) is 0 Å². The number of nitrogens with one attached hydrogen (secondary N) is 1. The van der Waals surface area contributed by atoms with E-state index in [2.05, 4.69) is 21.2 Å². The summed E-state index contributed by atoms with van der Waals surface area (Å²) in [6.07, 6.45) is 0. The number of carbonyl (C=O) groups excluding carboxylic acids is 4. The van der Waals surface area contributed by atoms with Gasteiger partial charge in [0.25, 0.3) is 0 Å². The van der Waals surface area contributed by atoms with E-state index in [1.54, 1.807) is 24.3 Å². The largest absolute Gasteiger partial charge is 0.461 e. The predicted molar refractivity (Wildman–Crippen MR) is 144 cm³/mol. The summed E-state index contributed by atoms with van der Waals surface area (Å²) in [7, 11) is 0. The van der Waals surface area contributed by atoms with Crippen molar-refractivity contribution in [3.05, 3.63) is 68.0 Å². The topological polar surface area (TPSA) is 102 Å². The van der Waals surface area contributed by atoms with E-state index in [0.29, 0.717) is 5.56 Å². The fourth-order valence-corrected chi connectivity index (χ4v) is 8.28. The fourth-order valence-electron chi connectivity index (χ4n) is 4.46. The minimum Gasteiger partial charge on any atom is -0.461 e. The molecule has 1 N–H and O–H groups in total. The number of rotatable bonds is 8. The third-order valence-electron chi connectivity index (χ3n) is 6.23. The molecule has 1 aromatic heterocycles. The van der Waals surface area contributed by atoms with E-state index in [1.165, 1.54) is 34.9 Å². The summed E-state index contributed by atoms with van der Waals surface area (Å²) in [5.41, 5.74) is 0.585. The number of fused-ring (bicyclic) bond motifs is 1. The Balaban J connectivity index is 1.49. The summed E-state index contributed by atoms with van der Waals surface area (Å²) in [6.45, 7) is 0.405. The van der Waals surface area contributed by atoms with Gasteiger partial charge < -0.3 is 9.47 Å². The Morgan fingerprint density at radius 3 is 2.59 bits per heavy atom. The zero-order valence-electron chi connectivity index (χ0n) is 19.1. The number of amides is 1. The molecule has 0 saturated carbocycles. The maximum atomic E-state index is 13.4. The Morgan fingerprint density at radius 1 is 1.22 bits per heavy atom. The molecule has 194 valence electrons. The van der Waals surface area contributed by atoms with E-state index in [0.717, 1.165) is 9.35 Å². The Morgan fingerprint density at radius 2 is 1.95 bits per heavy atom. The SMILES string of the molecule is CC(=O)OCC1=C(C(=O)OCC(=O)c2ccc(Br)cc2)N2C(=O)[C@@H]3NC(Cl)(C(Cl)c4cccs4)C1S[C@@H]32. The number of alkyl halides is 2.